The predicted molar refractivity (Wildman–Crippen MR) is 136 cm³/mol. The van der Waals surface area contributed by atoms with E-state index in [2.05, 4.69) is 73.3 Å². The Morgan fingerprint density at radius 2 is 1.94 bits per heavy atom. The predicted octanol–water partition coefficient (Wildman–Crippen LogP) is 4.96. The van der Waals surface area contributed by atoms with Crippen molar-refractivity contribution in [3.63, 3.8) is 0 Å². The van der Waals surface area contributed by atoms with Gasteiger partial charge in [-0.2, -0.15) is 0 Å². The molecule has 0 saturated heterocycles. The number of rotatable bonds is 10. The van der Waals surface area contributed by atoms with E-state index in [0.717, 1.165) is 67.0 Å². The van der Waals surface area contributed by atoms with Crippen molar-refractivity contribution in [2.24, 2.45) is 10.4 Å². The number of amidine groups is 1. The van der Waals surface area contributed by atoms with Crippen LogP contribution in [0.5, 0.6) is 0 Å². The van der Waals surface area contributed by atoms with Gasteiger partial charge < -0.3 is 16.0 Å². The highest BCUT2D eigenvalue weighted by Gasteiger charge is 2.44. The third kappa shape index (κ3) is 5.19. The zero-order valence-electron chi connectivity index (χ0n) is 19.7. The van der Waals surface area contributed by atoms with E-state index in [9.17, 15) is 4.79 Å². The Morgan fingerprint density at radius 1 is 1.18 bits per heavy atom. The summed E-state index contributed by atoms with van der Waals surface area (Å²) in [7, 11) is 0. The largest absolute Gasteiger partial charge is 0.359 e. The number of carbonyl (C=O) groups excluding carboxylic acids is 1. The van der Waals surface area contributed by atoms with Crippen molar-refractivity contribution in [1.82, 2.24) is 10.6 Å². The number of carbonyl (C=O) groups is 1. The van der Waals surface area contributed by atoms with E-state index in [0.29, 0.717) is 6.54 Å². The average Bonchev–Trinajstić information content (AvgIpc) is 3.30. The van der Waals surface area contributed by atoms with Crippen LogP contribution in [0.3, 0.4) is 0 Å². The number of anilines is 1. The third-order valence-electron chi connectivity index (χ3n) is 6.65. The van der Waals surface area contributed by atoms with Crippen LogP contribution in [0.25, 0.3) is 0 Å². The monoisotopic (exact) mass is 442 g/mol. The maximum atomic E-state index is 10.4. The molecule has 1 aliphatic carbocycles. The molecule has 0 radical (unpaired) electrons. The number of aliphatic imine (C=N–C) groups is 1. The topological polar surface area (TPSA) is 65.5 Å². The fourth-order valence-corrected chi connectivity index (χ4v) is 4.97. The highest BCUT2D eigenvalue weighted by Crippen LogP contribution is 2.41. The van der Waals surface area contributed by atoms with Gasteiger partial charge in [-0.15, -0.1) is 0 Å². The number of hydrogen-bond donors (Lipinski definition) is 3. The number of fused-ring (bicyclic) bond motifs is 1. The Kier molecular flexibility index (Phi) is 6.41. The Bertz CT molecular complexity index is 1090. The standard InChI is InChI=1S/C28H34N4O/c1-20(16-27(3,4)13-8-14-29-19-33)30-25-12-11-23-17-28(18-24(23)15-25)21(2)31-26(32-28)22-9-6-5-7-10-22/h5-7,9-12,15,19,30H,1-2,8,13-14,16-18H2,3-4H3,(H,29,33)(H,31,32). The van der Waals surface area contributed by atoms with E-state index in [-0.39, 0.29) is 11.0 Å². The van der Waals surface area contributed by atoms with Crippen LogP contribution in [0, 0.1) is 5.41 Å². The molecule has 2 aromatic carbocycles. The van der Waals surface area contributed by atoms with E-state index in [1.54, 1.807) is 0 Å². The van der Waals surface area contributed by atoms with E-state index in [1.807, 2.05) is 18.2 Å². The van der Waals surface area contributed by atoms with Crippen LogP contribution in [0.2, 0.25) is 0 Å². The second-order valence-electron chi connectivity index (χ2n) is 10.0. The summed E-state index contributed by atoms with van der Waals surface area (Å²) < 4.78 is 0. The van der Waals surface area contributed by atoms with Gasteiger partial charge in [-0.25, -0.2) is 0 Å². The maximum absolute atomic E-state index is 10.4. The Labute approximate surface area is 197 Å². The summed E-state index contributed by atoms with van der Waals surface area (Å²) in [4.78, 5) is 15.5. The molecule has 5 nitrogen and oxygen atoms in total. The zero-order valence-corrected chi connectivity index (χ0v) is 19.7. The summed E-state index contributed by atoms with van der Waals surface area (Å²) in [6, 6.07) is 16.8. The van der Waals surface area contributed by atoms with Gasteiger partial charge in [0.15, 0.2) is 0 Å². The van der Waals surface area contributed by atoms with Crippen LogP contribution in [0.1, 0.15) is 49.8 Å². The number of nitrogens with one attached hydrogen (secondary N) is 3. The van der Waals surface area contributed by atoms with Crippen LogP contribution in [-0.2, 0) is 17.6 Å². The molecule has 0 saturated carbocycles. The van der Waals surface area contributed by atoms with Crippen LogP contribution >= 0.6 is 0 Å². The van der Waals surface area contributed by atoms with Gasteiger partial charge >= 0.3 is 0 Å². The van der Waals surface area contributed by atoms with Crippen molar-refractivity contribution in [3.05, 3.63) is 89.8 Å². The number of nitrogens with zero attached hydrogens (tertiary/aromatic N) is 1. The first-order valence-corrected chi connectivity index (χ1v) is 11.7. The Balaban J connectivity index is 1.41. The second kappa shape index (κ2) is 9.26. The molecule has 0 aromatic heterocycles. The molecule has 2 aromatic rings. The minimum Gasteiger partial charge on any atom is -0.359 e. The van der Waals surface area contributed by atoms with Gasteiger partial charge in [0.1, 0.15) is 11.4 Å². The van der Waals surface area contributed by atoms with Gasteiger partial charge in [-0.1, -0.05) is 63.4 Å². The number of allylic oxidation sites excluding steroid dienone is 1. The van der Waals surface area contributed by atoms with Gasteiger partial charge in [-0.3, -0.25) is 9.79 Å². The number of benzene rings is 2. The maximum Gasteiger partial charge on any atom is 0.207 e. The second-order valence-corrected chi connectivity index (χ2v) is 10.0. The number of hydrogen-bond acceptors (Lipinski definition) is 4. The molecule has 1 unspecified atom stereocenters. The molecule has 0 bridgehead atoms. The summed E-state index contributed by atoms with van der Waals surface area (Å²) >= 11 is 0. The minimum absolute atomic E-state index is 0.116. The molecule has 2 aliphatic rings. The molecule has 1 aliphatic heterocycles. The van der Waals surface area contributed by atoms with Gasteiger partial charge in [0, 0.05) is 42.0 Å². The lowest BCUT2D eigenvalue weighted by Gasteiger charge is -2.26. The summed E-state index contributed by atoms with van der Waals surface area (Å²) in [5, 5.41) is 9.69. The van der Waals surface area contributed by atoms with Crippen molar-refractivity contribution in [3.8, 4) is 0 Å². The molecule has 1 spiro atoms. The quantitative estimate of drug-likeness (QED) is 0.360. The van der Waals surface area contributed by atoms with E-state index < -0.39 is 0 Å². The van der Waals surface area contributed by atoms with Crippen molar-refractivity contribution >= 4 is 17.9 Å². The molecule has 1 atom stereocenters. The summed E-state index contributed by atoms with van der Waals surface area (Å²) in [5.74, 6) is 0.908. The van der Waals surface area contributed by atoms with Crippen LogP contribution in [-0.4, -0.2) is 24.3 Å². The molecule has 33 heavy (non-hydrogen) atoms. The highest BCUT2D eigenvalue weighted by molar-refractivity contribution is 6.02. The third-order valence-corrected chi connectivity index (χ3v) is 6.65. The van der Waals surface area contributed by atoms with Gasteiger partial charge in [0.05, 0.1) is 0 Å². The Morgan fingerprint density at radius 3 is 2.70 bits per heavy atom. The fraction of sp³-hybridized carbons (Fsp3) is 0.357. The molecule has 1 heterocycles. The lowest BCUT2D eigenvalue weighted by molar-refractivity contribution is -0.109. The van der Waals surface area contributed by atoms with Gasteiger partial charge in [0.25, 0.3) is 0 Å². The summed E-state index contributed by atoms with van der Waals surface area (Å²) in [6.45, 7) is 13.8. The normalized spacial score (nSPS) is 19.1. The van der Waals surface area contributed by atoms with Crippen molar-refractivity contribution in [2.75, 3.05) is 11.9 Å². The lowest BCUT2D eigenvalue weighted by atomic mass is 9.83. The summed E-state index contributed by atoms with van der Waals surface area (Å²) in [6.07, 6.45) is 5.34. The van der Waals surface area contributed by atoms with Crippen LogP contribution < -0.4 is 16.0 Å². The van der Waals surface area contributed by atoms with E-state index in [4.69, 9.17) is 4.99 Å². The van der Waals surface area contributed by atoms with Gasteiger partial charge in [0.2, 0.25) is 6.41 Å². The first-order chi connectivity index (χ1) is 15.8. The average molecular weight is 443 g/mol. The smallest absolute Gasteiger partial charge is 0.207 e. The molecule has 172 valence electrons. The van der Waals surface area contributed by atoms with Gasteiger partial charge in [-0.05, 0) is 47.9 Å². The lowest BCUT2D eigenvalue weighted by Crippen LogP contribution is -2.30. The van der Waals surface area contributed by atoms with Crippen LogP contribution in [0.4, 0.5) is 5.69 Å². The summed E-state index contributed by atoms with van der Waals surface area (Å²) in [5.41, 5.74) is 6.59. The van der Waals surface area contributed by atoms with Crippen LogP contribution in [0.15, 0.2) is 78.1 Å². The molecular formula is C28H34N4O. The van der Waals surface area contributed by atoms with Crippen molar-refractivity contribution < 1.29 is 4.79 Å². The molecule has 4 rings (SSSR count). The highest BCUT2D eigenvalue weighted by atomic mass is 16.1. The molecule has 3 N–H and O–H groups in total. The van der Waals surface area contributed by atoms with E-state index in [1.165, 1.54) is 11.1 Å². The molecule has 1 amide bonds. The molecular weight excluding hydrogens is 408 g/mol. The number of amides is 1. The minimum atomic E-state index is -0.305. The zero-order chi connectivity index (χ0) is 23.5. The first kappa shape index (κ1) is 22.8. The SMILES string of the molecule is C=C(CC(C)(C)CCCNC=O)Nc1ccc2c(c1)CC1(C2)N=C(c2ccccc2)NC1=C. The van der Waals surface area contributed by atoms with Crippen molar-refractivity contribution in [2.45, 2.75) is 51.5 Å². The Hall–Kier alpha value is -3.34. The molecule has 0 fully saturated rings. The fourth-order valence-electron chi connectivity index (χ4n) is 4.97. The van der Waals surface area contributed by atoms with E-state index >= 15 is 0 Å². The first-order valence-electron chi connectivity index (χ1n) is 11.7. The van der Waals surface area contributed by atoms with Crippen molar-refractivity contribution in [1.29, 1.82) is 0 Å². The molecule has 5 heteroatoms.